The van der Waals surface area contributed by atoms with E-state index in [1.165, 1.54) is 23.0 Å². The number of halogens is 3. The van der Waals surface area contributed by atoms with Crippen LogP contribution < -0.4 is 0 Å². The molecule has 0 radical (unpaired) electrons. The van der Waals surface area contributed by atoms with Crippen LogP contribution in [0.25, 0.3) is 32.9 Å². The van der Waals surface area contributed by atoms with Gasteiger partial charge in [-0.2, -0.15) is 27.8 Å². The van der Waals surface area contributed by atoms with Crippen molar-refractivity contribution in [1.82, 2.24) is 29.3 Å². The summed E-state index contributed by atoms with van der Waals surface area (Å²) in [5.74, 6) is 0. The fraction of sp³-hybridized carbons (Fsp3) is 0.483. The SMILES string of the molecule is CC(C)S(=O)c1ccc(-c2cc(S(=O)(=O)N(COCC[Si](C)(C)C)C3(C#N)CC3)cc3c(-c4nnc(C(F)(F)F)s4)nn(C)c23)nc1. The van der Waals surface area contributed by atoms with Crippen LogP contribution in [0.1, 0.15) is 31.7 Å². The van der Waals surface area contributed by atoms with Gasteiger partial charge in [0.05, 0.1) is 37.9 Å². The second kappa shape index (κ2) is 12.7. The molecular formula is C29H34F3N7O4S3Si. The summed E-state index contributed by atoms with van der Waals surface area (Å²) in [7, 11) is -5.66. The summed E-state index contributed by atoms with van der Waals surface area (Å²) in [4.78, 5) is 4.76. The maximum absolute atomic E-state index is 14.4. The van der Waals surface area contributed by atoms with E-state index in [0.717, 1.165) is 10.3 Å². The second-order valence-electron chi connectivity index (χ2n) is 12.8. The lowest BCUT2D eigenvalue weighted by atomic mass is 10.1. The van der Waals surface area contributed by atoms with Crippen molar-refractivity contribution in [2.24, 2.45) is 7.05 Å². The van der Waals surface area contributed by atoms with E-state index in [9.17, 15) is 31.1 Å². The van der Waals surface area contributed by atoms with Crippen LogP contribution in [0.3, 0.4) is 0 Å². The molecule has 1 fully saturated rings. The smallest absolute Gasteiger partial charge is 0.365 e. The highest BCUT2D eigenvalue weighted by molar-refractivity contribution is 7.89. The van der Waals surface area contributed by atoms with Gasteiger partial charge in [-0.05, 0) is 43.2 Å². The number of benzene rings is 1. The standard InChI is InChI=1S/C29H34F3N7O4S3Si/c1-18(2)45(40)19-7-8-23(34-15-19)21-13-20(46(41,42)39(28(16-33)9-10-28)17-43-11-12-47(4,5)6)14-22-24(37-38(3)25(21)22)26-35-36-27(44-26)29(30,31)32/h7-8,13-15,18H,9-12,17H2,1-6H3. The van der Waals surface area contributed by atoms with Gasteiger partial charge in [0.1, 0.15) is 18.0 Å². The van der Waals surface area contributed by atoms with E-state index in [0.29, 0.717) is 52.5 Å². The Balaban J connectivity index is 1.69. The second-order valence-corrected chi connectivity index (χ2v) is 23.3. The molecule has 11 nitrogen and oxygen atoms in total. The van der Waals surface area contributed by atoms with Gasteiger partial charge < -0.3 is 4.74 Å². The predicted molar refractivity (Wildman–Crippen MR) is 175 cm³/mol. The predicted octanol–water partition coefficient (Wildman–Crippen LogP) is 6.05. The molecule has 0 saturated heterocycles. The molecule has 252 valence electrons. The van der Waals surface area contributed by atoms with Gasteiger partial charge in [-0.15, -0.1) is 10.2 Å². The zero-order valence-corrected chi connectivity index (χ0v) is 30.1. The van der Waals surface area contributed by atoms with Crippen molar-refractivity contribution < 1.29 is 30.5 Å². The summed E-state index contributed by atoms with van der Waals surface area (Å²) in [5, 5.41) is 20.2. The molecule has 0 spiro atoms. The lowest BCUT2D eigenvalue weighted by Gasteiger charge is -2.27. The van der Waals surface area contributed by atoms with Crippen LogP contribution in [0, 0.1) is 11.3 Å². The van der Waals surface area contributed by atoms with Gasteiger partial charge in [-0.1, -0.05) is 44.8 Å². The van der Waals surface area contributed by atoms with E-state index in [-0.39, 0.29) is 33.0 Å². The molecule has 0 aliphatic heterocycles. The number of hydrogen-bond acceptors (Lipinski definition) is 10. The van der Waals surface area contributed by atoms with Crippen LogP contribution in [0.4, 0.5) is 13.2 Å². The Morgan fingerprint density at radius 1 is 1.21 bits per heavy atom. The van der Waals surface area contributed by atoms with E-state index in [4.69, 9.17) is 4.74 Å². The number of hydrogen-bond donors (Lipinski definition) is 0. The summed E-state index contributed by atoms with van der Waals surface area (Å²) < 4.78 is 90.3. The Hall–Kier alpha value is -3.08. The van der Waals surface area contributed by atoms with Crippen molar-refractivity contribution in [3.05, 3.63) is 35.5 Å². The zero-order chi connectivity index (χ0) is 34.5. The average molecular weight is 726 g/mol. The summed E-state index contributed by atoms with van der Waals surface area (Å²) in [6.07, 6.45) is -2.62. The lowest BCUT2D eigenvalue weighted by molar-refractivity contribution is -0.138. The third-order valence-corrected chi connectivity index (χ3v) is 13.8. The van der Waals surface area contributed by atoms with Crippen LogP contribution in [-0.4, -0.2) is 74.1 Å². The molecule has 0 amide bonds. The Morgan fingerprint density at radius 3 is 2.45 bits per heavy atom. The highest BCUT2D eigenvalue weighted by atomic mass is 32.2. The first-order chi connectivity index (χ1) is 21.9. The molecule has 1 saturated carbocycles. The third-order valence-electron chi connectivity index (χ3n) is 7.66. The monoisotopic (exact) mass is 725 g/mol. The summed E-state index contributed by atoms with van der Waals surface area (Å²) >= 11 is 0.291. The number of aryl methyl sites for hydroxylation is 1. The normalized spacial score (nSPS) is 15.8. The summed E-state index contributed by atoms with van der Waals surface area (Å²) in [6.45, 7) is 10.1. The molecule has 0 bridgehead atoms. The molecule has 3 heterocycles. The largest absolute Gasteiger partial charge is 0.445 e. The fourth-order valence-electron chi connectivity index (χ4n) is 4.87. The van der Waals surface area contributed by atoms with Gasteiger partial charge in [0.25, 0.3) is 0 Å². The first kappa shape index (κ1) is 35.2. The Morgan fingerprint density at radius 2 is 1.91 bits per heavy atom. The van der Waals surface area contributed by atoms with Gasteiger partial charge in [0.2, 0.25) is 15.0 Å². The van der Waals surface area contributed by atoms with Crippen LogP contribution in [0.15, 0.2) is 40.3 Å². The number of pyridine rings is 1. The molecule has 0 N–H and O–H groups in total. The average Bonchev–Trinajstić information content (AvgIpc) is 3.46. The number of rotatable bonds is 12. The van der Waals surface area contributed by atoms with Crippen LogP contribution in [0.2, 0.25) is 25.7 Å². The van der Waals surface area contributed by atoms with E-state index in [1.807, 2.05) is 13.8 Å². The quantitative estimate of drug-likeness (QED) is 0.0969. The van der Waals surface area contributed by atoms with Crippen molar-refractivity contribution in [2.45, 2.75) is 79.1 Å². The molecule has 5 rings (SSSR count). The first-order valence-corrected chi connectivity index (χ1v) is 21.9. The molecule has 1 aliphatic carbocycles. The molecule has 1 unspecified atom stereocenters. The zero-order valence-electron chi connectivity index (χ0n) is 26.6. The van der Waals surface area contributed by atoms with E-state index >= 15 is 0 Å². The fourth-order valence-corrected chi connectivity index (χ4v) is 8.92. The molecular weight excluding hydrogens is 692 g/mol. The first-order valence-electron chi connectivity index (χ1n) is 14.7. The van der Waals surface area contributed by atoms with Crippen molar-refractivity contribution in [3.63, 3.8) is 0 Å². The maximum atomic E-state index is 14.4. The van der Waals surface area contributed by atoms with E-state index in [1.54, 1.807) is 19.2 Å². The van der Waals surface area contributed by atoms with Crippen molar-refractivity contribution in [1.29, 1.82) is 5.26 Å². The number of sulfonamides is 1. The molecule has 1 atom stereocenters. The number of nitrogens with zero attached hydrogens (tertiary/aromatic N) is 7. The molecule has 18 heteroatoms. The topological polar surface area (TPSA) is 144 Å². The van der Waals surface area contributed by atoms with Gasteiger partial charge in [-0.3, -0.25) is 13.9 Å². The van der Waals surface area contributed by atoms with Gasteiger partial charge in [-0.25, -0.2) is 8.42 Å². The molecule has 4 aromatic rings. The Labute approximate surface area is 278 Å². The summed E-state index contributed by atoms with van der Waals surface area (Å²) in [5.41, 5.74) is -0.269. The number of fused-ring (bicyclic) bond motifs is 1. The Kier molecular flexibility index (Phi) is 9.55. The summed E-state index contributed by atoms with van der Waals surface area (Å²) in [6, 6.07) is 8.92. The van der Waals surface area contributed by atoms with Gasteiger partial charge in [0, 0.05) is 44.1 Å². The van der Waals surface area contributed by atoms with Gasteiger partial charge in [0.15, 0.2) is 5.01 Å². The Bertz CT molecular complexity index is 1980. The van der Waals surface area contributed by atoms with Crippen molar-refractivity contribution in [2.75, 3.05) is 13.3 Å². The van der Waals surface area contributed by atoms with Gasteiger partial charge >= 0.3 is 6.18 Å². The highest BCUT2D eigenvalue weighted by Gasteiger charge is 2.54. The third kappa shape index (κ3) is 7.20. The van der Waals surface area contributed by atoms with Crippen LogP contribution in [-0.2, 0) is 38.8 Å². The minimum Gasteiger partial charge on any atom is -0.365 e. The highest BCUT2D eigenvalue weighted by Crippen LogP contribution is 2.46. The van der Waals surface area contributed by atoms with Crippen LogP contribution in [0.5, 0.6) is 0 Å². The number of nitriles is 1. The van der Waals surface area contributed by atoms with E-state index < -0.39 is 45.6 Å². The minimum atomic E-state index is -4.73. The van der Waals surface area contributed by atoms with Crippen molar-refractivity contribution >= 4 is 51.1 Å². The van der Waals surface area contributed by atoms with Crippen molar-refractivity contribution in [3.8, 4) is 28.0 Å². The molecule has 47 heavy (non-hydrogen) atoms. The minimum absolute atomic E-state index is 0.00526. The lowest BCUT2D eigenvalue weighted by Crippen LogP contribution is -2.43. The maximum Gasteiger partial charge on any atom is 0.445 e. The molecule has 3 aromatic heterocycles. The number of alkyl halides is 3. The number of ether oxygens (including phenoxy) is 1. The molecule has 1 aliphatic rings. The number of aromatic nitrogens is 5. The van der Waals surface area contributed by atoms with E-state index in [2.05, 4.69) is 46.0 Å². The molecule has 1 aromatic carbocycles. The van der Waals surface area contributed by atoms with Crippen LogP contribution >= 0.6 is 11.3 Å².